The maximum Gasteiger partial charge on any atom is 0.195 e. The summed E-state index contributed by atoms with van der Waals surface area (Å²) in [6, 6.07) is 1.75. The Hall–Kier alpha value is -2.58. The van der Waals surface area contributed by atoms with Gasteiger partial charge >= 0.3 is 0 Å². The quantitative estimate of drug-likeness (QED) is 0.240. The predicted octanol–water partition coefficient (Wildman–Crippen LogP) is 4.53. The van der Waals surface area contributed by atoms with E-state index in [0.717, 1.165) is 49.4 Å². The van der Waals surface area contributed by atoms with Gasteiger partial charge in [-0.25, -0.2) is 9.98 Å². The van der Waals surface area contributed by atoms with Crippen LogP contribution in [0.5, 0.6) is 0 Å². The fourth-order valence-corrected chi connectivity index (χ4v) is 4.68. The lowest BCUT2D eigenvalue weighted by atomic mass is 9.86. The number of pyridine rings is 1. The van der Waals surface area contributed by atoms with Gasteiger partial charge in [-0.15, -0.1) is 0 Å². The van der Waals surface area contributed by atoms with Crippen LogP contribution in [0, 0.1) is 0 Å². The average molecular weight is 475 g/mol. The SMILES string of the molecule is CC/C=C\C=C/C1=C(C)OC2(CCN(C(N)=N/C=C(\N)Sc3ccnc(N)c3Cl)CC2)C1. The highest BCUT2D eigenvalue weighted by Gasteiger charge is 2.41. The second-order valence-electron chi connectivity index (χ2n) is 7.85. The molecule has 0 saturated carbocycles. The molecule has 9 heteroatoms. The number of hydrogen-bond donors (Lipinski definition) is 3. The fraction of sp³-hybridized carbons (Fsp3) is 0.391. The van der Waals surface area contributed by atoms with Crippen LogP contribution in [0.15, 0.2) is 69.0 Å². The van der Waals surface area contributed by atoms with E-state index < -0.39 is 0 Å². The van der Waals surface area contributed by atoms with E-state index in [0.29, 0.717) is 16.0 Å². The average Bonchev–Trinajstić information content (AvgIpc) is 3.08. The maximum absolute atomic E-state index is 6.31. The number of anilines is 1. The predicted molar refractivity (Wildman–Crippen MR) is 134 cm³/mol. The summed E-state index contributed by atoms with van der Waals surface area (Å²) in [5.41, 5.74) is 19.1. The molecule has 1 aromatic heterocycles. The van der Waals surface area contributed by atoms with E-state index in [1.165, 1.54) is 17.3 Å². The van der Waals surface area contributed by atoms with Crippen LogP contribution in [0.2, 0.25) is 5.02 Å². The van der Waals surface area contributed by atoms with Gasteiger partial charge in [-0.05, 0) is 25.0 Å². The van der Waals surface area contributed by atoms with Crippen molar-refractivity contribution in [3.8, 4) is 0 Å². The Kier molecular flexibility index (Phi) is 8.15. The van der Waals surface area contributed by atoms with Gasteiger partial charge in [0, 0.05) is 43.4 Å². The van der Waals surface area contributed by atoms with Crippen molar-refractivity contribution in [2.45, 2.75) is 50.0 Å². The lowest BCUT2D eigenvalue weighted by Gasteiger charge is -2.39. The summed E-state index contributed by atoms with van der Waals surface area (Å²) in [7, 11) is 0. The maximum atomic E-state index is 6.31. The molecule has 0 aromatic carbocycles. The highest BCUT2D eigenvalue weighted by molar-refractivity contribution is 8.03. The number of hydrogen-bond acceptors (Lipinski definition) is 6. The van der Waals surface area contributed by atoms with E-state index in [1.54, 1.807) is 18.5 Å². The van der Waals surface area contributed by atoms with Gasteiger partial charge in [0.15, 0.2) is 5.96 Å². The van der Waals surface area contributed by atoms with Crippen LogP contribution in [0.25, 0.3) is 0 Å². The minimum Gasteiger partial charge on any atom is -0.491 e. The molecule has 1 fully saturated rings. The van der Waals surface area contributed by atoms with E-state index in [-0.39, 0.29) is 11.4 Å². The Labute approximate surface area is 199 Å². The zero-order valence-electron chi connectivity index (χ0n) is 18.6. The summed E-state index contributed by atoms with van der Waals surface area (Å²) < 4.78 is 6.31. The van der Waals surface area contributed by atoms with Crippen molar-refractivity contribution in [3.63, 3.8) is 0 Å². The number of thioether (sulfide) groups is 1. The number of aromatic nitrogens is 1. The highest BCUT2D eigenvalue weighted by atomic mass is 35.5. The Balaban J connectivity index is 1.55. The van der Waals surface area contributed by atoms with Crippen LogP contribution in [0.1, 0.15) is 39.5 Å². The van der Waals surface area contributed by atoms with E-state index in [2.05, 4.69) is 46.1 Å². The Morgan fingerprint density at radius 3 is 2.81 bits per heavy atom. The number of allylic oxidation sites excluding steroid dienone is 5. The summed E-state index contributed by atoms with van der Waals surface area (Å²) in [5, 5.41) is 0.838. The number of halogens is 1. The number of ether oxygens (including phenoxy) is 1. The van der Waals surface area contributed by atoms with Crippen LogP contribution >= 0.6 is 23.4 Å². The molecule has 172 valence electrons. The van der Waals surface area contributed by atoms with Gasteiger partial charge in [0.05, 0.1) is 22.0 Å². The molecule has 1 spiro atoms. The molecule has 1 aromatic rings. The fourth-order valence-electron chi connectivity index (χ4n) is 3.77. The van der Waals surface area contributed by atoms with Crippen molar-refractivity contribution in [3.05, 3.63) is 64.2 Å². The van der Waals surface area contributed by atoms with Crippen molar-refractivity contribution in [1.29, 1.82) is 0 Å². The van der Waals surface area contributed by atoms with Gasteiger partial charge in [0.1, 0.15) is 11.4 Å². The first-order valence-corrected chi connectivity index (χ1v) is 11.9. The molecular formula is C23H31ClN6OS. The topological polar surface area (TPSA) is 116 Å². The van der Waals surface area contributed by atoms with Gasteiger partial charge in [-0.1, -0.05) is 54.6 Å². The van der Waals surface area contributed by atoms with Crippen LogP contribution in [-0.2, 0) is 4.74 Å². The van der Waals surface area contributed by atoms with Gasteiger partial charge in [-0.3, -0.25) is 0 Å². The van der Waals surface area contributed by atoms with Crippen molar-refractivity contribution in [2.24, 2.45) is 16.5 Å². The lowest BCUT2D eigenvalue weighted by molar-refractivity contribution is -0.0156. The largest absolute Gasteiger partial charge is 0.491 e. The molecule has 0 aliphatic carbocycles. The zero-order chi connectivity index (χ0) is 23.1. The van der Waals surface area contributed by atoms with Crippen LogP contribution in [-0.4, -0.2) is 34.5 Å². The van der Waals surface area contributed by atoms with Gasteiger partial charge in [0.25, 0.3) is 0 Å². The van der Waals surface area contributed by atoms with Gasteiger partial charge < -0.3 is 26.8 Å². The van der Waals surface area contributed by atoms with Crippen molar-refractivity contribution >= 4 is 35.1 Å². The van der Waals surface area contributed by atoms with E-state index in [4.69, 9.17) is 33.5 Å². The highest BCUT2D eigenvalue weighted by Crippen LogP contribution is 2.41. The zero-order valence-corrected chi connectivity index (χ0v) is 20.1. The Bertz CT molecular complexity index is 977. The Morgan fingerprint density at radius 2 is 2.09 bits per heavy atom. The number of nitrogen functional groups attached to an aromatic ring is 1. The smallest absolute Gasteiger partial charge is 0.195 e. The second-order valence-corrected chi connectivity index (χ2v) is 9.35. The first kappa shape index (κ1) is 24.1. The van der Waals surface area contributed by atoms with Gasteiger partial charge in [-0.2, -0.15) is 0 Å². The number of aliphatic imine (C=N–C) groups is 1. The normalized spacial score (nSPS) is 19.5. The number of guanidine groups is 1. The van der Waals surface area contributed by atoms with Crippen molar-refractivity contribution in [2.75, 3.05) is 18.8 Å². The molecule has 0 radical (unpaired) electrons. The molecule has 3 rings (SSSR count). The summed E-state index contributed by atoms with van der Waals surface area (Å²) in [6.07, 6.45) is 15.3. The molecular weight excluding hydrogens is 444 g/mol. The molecule has 7 nitrogen and oxygen atoms in total. The molecule has 1 saturated heterocycles. The van der Waals surface area contributed by atoms with Crippen LogP contribution in [0.4, 0.5) is 5.82 Å². The van der Waals surface area contributed by atoms with Crippen LogP contribution < -0.4 is 17.2 Å². The van der Waals surface area contributed by atoms with E-state index in [9.17, 15) is 0 Å². The first-order valence-electron chi connectivity index (χ1n) is 10.7. The number of likely N-dealkylation sites (tertiary alicyclic amines) is 1. The molecule has 0 bridgehead atoms. The minimum atomic E-state index is -0.141. The molecule has 6 N–H and O–H groups in total. The summed E-state index contributed by atoms with van der Waals surface area (Å²) in [5.74, 6) is 1.73. The third-order valence-electron chi connectivity index (χ3n) is 5.55. The van der Waals surface area contributed by atoms with E-state index in [1.807, 2.05) is 6.92 Å². The van der Waals surface area contributed by atoms with Gasteiger partial charge in [0.2, 0.25) is 0 Å². The van der Waals surface area contributed by atoms with Crippen molar-refractivity contribution in [1.82, 2.24) is 9.88 Å². The monoisotopic (exact) mass is 474 g/mol. The third kappa shape index (κ3) is 6.01. The third-order valence-corrected chi connectivity index (χ3v) is 6.96. The standard InChI is InChI=1S/C23H31ClN6OS/c1-3-4-5-6-7-17-14-23(31-16(17)2)9-12-30(13-10-23)22(27)29-15-19(25)32-18-8-11-28-21(26)20(18)24/h4-8,11,15H,3,9-10,12-14,25H2,1-2H3,(H2,26,28)(H2,27,29)/b5-4-,7-6-,19-15+. The van der Waals surface area contributed by atoms with Crippen molar-refractivity contribution < 1.29 is 4.74 Å². The summed E-state index contributed by atoms with van der Waals surface area (Å²) >= 11 is 7.43. The molecule has 0 unspecified atom stereocenters. The summed E-state index contributed by atoms with van der Waals surface area (Å²) in [4.78, 5) is 11.1. The number of rotatable bonds is 6. The summed E-state index contributed by atoms with van der Waals surface area (Å²) in [6.45, 7) is 5.74. The molecule has 3 heterocycles. The molecule has 2 aliphatic heterocycles. The molecule has 0 amide bonds. The number of nitrogens with zero attached hydrogens (tertiary/aromatic N) is 3. The number of nitrogens with two attached hydrogens (primary N) is 3. The second kappa shape index (κ2) is 10.8. The van der Waals surface area contributed by atoms with Crippen LogP contribution in [0.3, 0.4) is 0 Å². The Morgan fingerprint density at radius 1 is 1.34 bits per heavy atom. The molecule has 0 atom stereocenters. The lowest BCUT2D eigenvalue weighted by Crippen LogP contribution is -2.49. The molecule has 2 aliphatic rings. The van der Waals surface area contributed by atoms with E-state index >= 15 is 0 Å². The molecule has 32 heavy (non-hydrogen) atoms. The number of piperidine rings is 1. The minimum absolute atomic E-state index is 0.141. The first-order chi connectivity index (χ1) is 15.3.